The van der Waals surface area contributed by atoms with Gasteiger partial charge in [0.25, 0.3) is 0 Å². The second-order valence-corrected chi connectivity index (χ2v) is 6.90. The third-order valence-electron chi connectivity index (χ3n) is 3.55. The Morgan fingerprint density at radius 3 is 2.90 bits per heavy atom. The molecule has 21 heavy (non-hydrogen) atoms. The van der Waals surface area contributed by atoms with E-state index >= 15 is 0 Å². The van der Waals surface area contributed by atoms with Crippen molar-refractivity contribution in [1.29, 1.82) is 0 Å². The number of hydrogen-bond acceptors (Lipinski definition) is 4. The molecule has 1 aliphatic rings. The molecule has 0 bridgehead atoms. The Hall–Kier alpha value is -1.50. The van der Waals surface area contributed by atoms with Crippen molar-refractivity contribution in [2.75, 3.05) is 26.2 Å². The van der Waals surface area contributed by atoms with Crippen molar-refractivity contribution in [3.63, 3.8) is 0 Å². The van der Waals surface area contributed by atoms with Gasteiger partial charge in [-0.25, -0.2) is 8.42 Å². The first-order valence-electron chi connectivity index (χ1n) is 7.00. The highest BCUT2D eigenvalue weighted by Gasteiger charge is 2.27. The Kier molecular flexibility index (Phi) is 5.27. The van der Waals surface area contributed by atoms with Crippen LogP contribution in [-0.4, -0.2) is 45.6 Å². The molecule has 0 radical (unpaired) electrons. The smallest absolute Gasteiger partial charge is 0.243 e. The van der Waals surface area contributed by atoms with Gasteiger partial charge in [0.1, 0.15) is 0 Å². The van der Waals surface area contributed by atoms with E-state index < -0.39 is 10.0 Å². The number of aryl methyl sites for hydroxylation is 1. The largest absolute Gasteiger partial charge is 0.315 e. The second kappa shape index (κ2) is 6.98. The zero-order valence-electron chi connectivity index (χ0n) is 12.2. The van der Waals surface area contributed by atoms with E-state index in [9.17, 15) is 8.42 Å². The van der Waals surface area contributed by atoms with Gasteiger partial charge < -0.3 is 5.32 Å². The van der Waals surface area contributed by atoms with Crippen molar-refractivity contribution >= 4 is 22.8 Å². The summed E-state index contributed by atoms with van der Waals surface area (Å²) in [6.45, 7) is 7.88. The van der Waals surface area contributed by atoms with Crippen molar-refractivity contribution in [2.45, 2.75) is 18.2 Å². The summed E-state index contributed by atoms with van der Waals surface area (Å²) >= 11 is 0. The fourth-order valence-corrected chi connectivity index (χ4v) is 4.16. The van der Waals surface area contributed by atoms with Crippen molar-refractivity contribution in [2.24, 2.45) is 4.99 Å². The van der Waals surface area contributed by atoms with Crippen LogP contribution in [0.5, 0.6) is 0 Å². The Morgan fingerprint density at radius 1 is 1.33 bits per heavy atom. The summed E-state index contributed by atoms with van der Waals surface area (Å²) in [7, 11) is -3.49. The fourth-order valence-electron chi connectivity index (χ4n) is 2.42. The van der Waals surface area contributed by atoms with E-state index in [1.165, 1.54) is 6.20 Å². The molecule has 1 fully saturated rings. The van der Waals surface area contributed by atoms with E-state index in [2.05, 4.69) is 17.0 Å². The van der Waals surface area contributed by atoms with E-state index in [-0.39, 0.29) is 0 Å². The highest BCUT2D eigenvalue weighted by Crippen LogP contribution is 2.24. The molecule has 0 aromatic heterocycles. The third kappa shape index (κ3) is 3.58. The zero-order valence-corrected chi connectivity index (χ0v) is 13.1. The molecular formula is C15H21N3O2S. The van der Waals surface area contributed by atoms with Crippen LogP contribution in [0, 0.1) is 6.92 Å². The van der Waals surface area contributed by atoms with Gasteiger partial charge in [0, 0.05) is 25.8 Å². The maximum absolute atomic E-state index is 12.9. The van der Waals surface area contributed by atoms with E-state index in [4.69, 9.17) is 0 Å². The molecule has 2 rings (SSSR count). The summed E-state index contributed by atoms with van der Waals surface area (Å²) in [6.07, 6.45) is 4.04. The third-order valence-corrected chi connectivity index (χ3v) is 5.50. The number of nitrogens with zero attached hydrogens (tertiary/aromatic N) is 2. The summed E-state index contributed by atoms with van der Waals surface area (Å²) in [5, 5.41) is 3.22. The fraction of sp³-hybridized carbons (Fsp3) is 0.400. The molecular weight excluding hydrogens is 286 g/mol. The summed E-state index contributed by atoms with van der Waals surface area (Å²) in [5.74, 6) is 0. The monoisotopic (exact) mass is 307 g/mol. The van der Waals surface area contributed by atoms with E-state index in [0.29, 0.717) is 30.1 Å². The van der Waals surface area contributed by atoms with Crippen LogP contribution in [0.25, 0.3) is 6.08 Å². The molecule has 0 spiro atoms. The van der Waals surface area contributed by atoms with Gasteiger partial charge in [-0.15, -0.1) is 0 Å². The molecule has 5 nitrogen and oxygen atoms in total. The minimum Gasteiger partial charge on any atom is -0.315 e. The molecule has 1 aromatic rings. The average Bonchev–Trinajstić information content (AvgIpc) is 2.75. The highest BCUT2D eigenvalue weighted by atomic mass is 32.2. The minimum absolute atomic E-state index is 0.337. The van der Waals surface area contributed by atoms with E-state index in [1.807, 2.05) is 13.0 Å². The number of nitrogens with one attached hydrogen (secondary N) is 1. The number of benzene rings is 1. The first kappa shape index (κ1) is 15.9. The quantitative estimate of drug-likeness (QED) is 0.860. The molecule has 1 saturated heterocycles. The lowest BCUT2D eigenvalue weighted by Gasteiger charge is -2.21. The van der Waals surface area contributed by atoms with Crippen LogP contribution in [0.3, 0.4) is 0 Å². The van der Waals surface area contributed by atoms with Crippen molar-refractivity contribution < 1.29 is 8.42 Å². The van der Waals surface area contributed by atoms with Crippen LogP contribution >= 0.6 is 0 Å². The first-order chi connectivity index (χ1) is 10.1. The van der Waals surface area contributed by atoms with E-state index in [1.54, 1.807) is 22.5 Å². The van der Waals surface area contributed by atoms with Gasteiger partial charge >= 0.3 is 0 Å². The van der Waals surface area contributed by atoms with Crippen molar-refractivity contribution in [3.05, 3.63) is 35.5 Å². The summed E-state index contributed by atoms with van der Waals surface area (Å²) in [5.41, 5.74) is 1.59. The molecule has 1 aromatic carbocycles. The molecule has 0 amide bonds. The lowest BCUT2D eigenvalue weighted by Crippen LogP contribution is -2.34. The maximum atomic E-state index is 12.9. The summed E-state index contributed by atoms with van der Waals surface area (Å²) in [6, 6.07) is 5.33. The topological polar surface area (TPSA) is 61.8 Å². The summed E-state index contributed by atoms with van der Waals surface area (Å²) < 4.78 is 27.3. The predicted octanol–water partition coefficient (Wildman–Crippen LogP) is 1.65. The maximum Gasteiger partial charge on any atom is 0.243 e. The van der Waals surface area contributed by atoms with Crippen LogP contribution in [0.1, 0.15) is 17.5 Å². The molecule has 0 saturated carbocycles. The van der Waals surface area contributed by atoms with Crippen molar-refractivity contribution in [3.8, 4) is 0 Å². The van der Waals surface area contributed by atoms with Gasteiger partial charge in [-0.05, 0) is 49.9 Å². The highest BCUT2D eigenvalue weighted by molar-refractivity contribution is 7.89. The number of rotatable bonds is 4. The van der Waals surface area contributed by atoms with Gasteiger partial charge in [-0.3, -0.25) is 4.99 Å². The van der Waals surface area contributed by atoms with Crippen LogP contribution in [-0.2, 0) is 10.0 Å². The second-order valence-electron chi connectivity index (χ2n) is 4.99. The molecule has 1 heterocycles. The molecule has 1 aliphatic heterocycles. The van der Waals surface area contributed by atoms with Gasteiger partial charge in [0.2, 0.25) is 10.0 Å². The van der Waals surface area contributed by atoms with Crippen molar-refractivity contribution in [1.82, 2.24) is 9.62 Å². The van der Waals surface area contributed by atoms with Gasteiger partial charge in [-0.2, -0.15) is 4.31 Å². The Morgan fingerprint density at radius 2 is 2.14 bits per heavy atom. The van der Waals surface area contributed by atoms with Crippen LogP contribution < -0.4 is 5.32 Å². The minimum atomic E-state index is -3.49. The molecule has 114 valence electrons. The lowest BCUT2D eigenvalue weighted by atomic mass is 10.1. The SMILES string of the molecule is C=N/C=C\c1c(C)cccc1S(=O)(=O)N1CCCNCC1. The van der Waals surface area contributed by atoms with Crippen LogP contribution in [0.2, 0.25) is 0 Å². The normalized spacial score (nSPS) is 17.8. The molecule has 1 N–H and O–H groups in total. The Bertz CT molecular complexity index is 630. The zero-order chi connectivity index (χ0) is 15.3. The predicted molar refractivity (Wildman–Crippen MR) is 86.0 cm³/mol. The van der Waals surface area contributed by atoms with E-state index in [0.717, 1.165) is 18.5 Å². The summed E-state index contributed by atoms with van der Waals surface area (Å²) in [4.78, 5) is 4.01. The molecule has 6 heteroatoms. The Labute approximate surface area is 126 Å². The average molecular weight is 307 g/mol. The van der Waals surface area contributed by atoms with Crippen LogP contribution in [0.4, 0.5) is 0 Å². The van der Waals surface area contributed by atoms with Gasteiger partial charge in [0.15, 0.2) is 0 Å². The lowest BCUT2D eigenvalue weighted by molar-refractivity contribution is 0.432. The number of aliphatic imine (C=N–C) groups is 1. The first-order valence-corrected chi connectivity index (χ1v) is 8.44. The Balaban J connectivity index is 2.46. The molecule has 0 aliphatic carbocycles. The number of hydrogen-bond donors (Lipinski definition) is 1. The molecule has 0 atom stereocenters. The van der Waals surface area contributed by atoms with Gasteiger partial charge in [-0.1, -0.05) is 12.1 Å². The van der Waals surface area contributed by atoms with Crippen LogP contribution in [0.15, 0.2) is 34.3 Å². The number of sulfonamides is 1. The van der Waals surface area contributed by atoms with Gasteiger partial charge in [0.05, 0.1) is 4.90 Å². The standard InChI is InChI=1S/C15H21N3O2S/c1-13-5-3-6-15(14(13)7-9-16-2)21(19,20)18-11-4-8-17-10-12-18/h3,5-7,9,17H,2,4,8,10-12H2,1H3/b9-7-. The molecule has 0 unspecified atom stereocenters.